The van der Waals surface area contributed by atoms with Gasteiger partial charge in [0.25, 0.3) is 0 Å². The fourth-order valence-electron chi connectivity index (χ4n) is 5.03. The average molecular weight is 686 g/mol. The van der Waals surface area contributed by atoms with E-state index in [0.717, 1.165) is 18.4 Å². The van der Waals surface area contributed by atoms with Gasteiger partial charge in [-0.2, -0.15) is 11.8 Å². The Morgan fingerprint density at radius 2 is 1.54 bits per heavy atom. The van der Waals surface area contributed by atoms with Crippen LogP contribution in [0.2, 0.25) is 0 Å². The molecule has 0 radical (unpaired) electrons. The van der Waals surface area contributed by atoms with Crippen LogP contribution in [0.5, 0.6) is 5.75 Å². The number of amides is 3. The molecule has 0 bridgehead atoms. The Morgan fingerprint density at radius 1 is 0.896 bits per heavy atom. The maximum Gasteiger partial charge on any atom is 0.408 e. The third-order valence-electron chi connectivity index (χ3n) is 7.27. The van der Waals surface area contributed by atoms with E-state index in [1.54, 1.807) is 60.6 Å². The van der Waals surface area contributed by atoms with Crippen LogP contribution in [0.15, 0.2) is 48.5 Å². The number of phenolic OH excluding ortho intramolecular Hbond substituents is 1. The normalized spacial score (nSPS) is 13.5. The molecule has 10 nitrogen and oxygen atoms in total. The van der Waals surface area contributed by atoms with E-state index < -0.39 is 53.2 Å². The molecule has 0 aromatic heterocycles. The van der Waals surface area contributed by atoms with Crippen LogP contribution in [0.4, 0.5) is 4.79 Å². The number of carbonyl (C=O) groups excluding carboxylic acids is 4. The smallest absolute Gasteiger partial charge is 0.408 e. The number of ether oxygens (including phenoxy) is 2. The number of thioether (sulfide) groups is 1. The number of unbranched alkanes of at least 4 members (excludes halogenated alkanes) is 2. The predicted molar refractivity (Wildman–Crippen MR) is 191 cm³/mol. The summed E-state index contributed by atoms with van der Waals surface area (Å²) in [6.45, 7) is 14.5. The first-order valence-corrected chi connectivity index (χ1v) is 18.0. The topological polar surface area (TPSA) is 134 Å². The summed E-state index contributed by atoms with van der Waals surface area (Å²) >= 11 is 1.53. The molecule has 266 valence electrons. The second-order valence-electron chi connectivity index (χ2n) is 14.0. The van der Waals surface area contributed by atoms with E-state index in [0.29, 0.717) is 29.7 Å². The van der Waals surface area contributed by atoms with Gasteiger partial charge in [0.05, 0.1) is 0 Å². The van der Waals surface area contributed by atoms with Crippen molar-refractivity contribution < 1.29 is 33.8 Å². The van der Waals surface area contributed by atoms with E-state index in [-0.39, 0.29) is 18.7 Å². The number of aryl methyl sites for hydroxylation is 1. The molecule has 0 aliphatic carbocycles. The van der Waals surface area contributed by atoms with Crippen LogP contribution >= 0.6 is 11.8 Å². The van der Waals surface area contributed by atoms with Gasteiger partial charge in [0.15, 0.2) is 0 Å². The summed E-state index contributed by atoms with van der Waals surface area (Å²) in [6.07, 6.45) is 3.93. The van der Waals surface area contributed by atoms with Gasteiger partial charge in [0.2, 0.25) is 11.8 Å². The number of benzene rings is 2. The van der Waals surface area contributed by atoms with Crippen molar-refractivity contribution in [3.63, 3.8) is 0 Å². The standard InChI is InChI=1S/C37H55N3O7S/c1-10-11-15-21-40(33(43)28(20-22-48-9)39-35(45)47-37(6,7)8)31(27-18-19-30(41)25(2)23-27)32(42)38-29(34(44)46-36(3,4)5)24-26-16-13-12-14-17-26/h12-14,16-19,23,28-29,31,41H,10-11,15,20-22,24H2,1-9H3,(H,38,42)(H,39,45). The van der Waals surface area contributed by atoms with E-state index in [1.165, 1.54) is 22.7 Å². The largest absolute Gasteiger partial charge is 0.508 e. The second kappa shape index (κ2) is 18.7. The molecular weight excluding hydrogens is 630 g/mol. The molecule has 2 aromatic rings. The molecule has 0 fully saturated rings. The summed E-state index contributed by atoms with van der Waals surface area (Å²) in [5, 5.41) is 16.0. The molecule has 0 spiro atoms. The van der Waals surface area contributed by atoms with Crippen LogP contribution in [0.3, 0.4) is 0 Å². The molecule has 0 saturated heterocycles. The van der Waals surface area contributed by atoms with Crippen LogP contribution in [-0.2, 0) is 30.3 Å². The summed E-state index contributed by atoms with van der Waals surface area (Å²) in [5.41, 5.74) is 0.213. The minimum Gasteiger partial charge on any atom is -0.508 e. The minimum atomic E-state index is -1.19. The zero-order valence-electron chi connectivity index (χ0n) is 30.1. The molecule has 3 unspecified atom stereocenters. The number of esters is 1. The van der Waals surface area contributed by atoms with Crippen molar-refractivity contribution in [1.82, 2.24) is 15.5 Å². The second-order valence-corrected chi connectivity index (χ2v) is 14.9. The van der Waals surface area contributed by atoms with E-state index in [2.05, 4.69) is 10.6 Å². The molecular formula is C37H55N3O7S. The number of nitrogens with zero attached hydrogens (tertiary/aromatic N) is 1. The molecule has 11 heteroatoms. The number of rotatable bonds is 16. The van der Waals surface area contributed by atoms with Crippen LogP contribution in [0.25, 0.3) is 0 Å². The first-order valence-electron chi connectivity index (χ1n) is 16.6. The van der Waals surface area contributed by atoms with Crippen molar-refractivity contribution in [2.45, 2.75) is 117 Å². The van der Waals surface area contributed by atoms with E-state index in [4.69, 9.17) is 9.47 Å². The number of hydrogen-bond donors (Lipinski definition) is 3. The summed E-state index contributed by atoms with van der Waals surface area (Å²) in [6, 6.07) is 10.8. The van der Waals surface area contributed by atoms with Crippen molar-refractivity contribution in [3.8, 4) is 5.75 Å². The van der Waals surface area contributed by atoms with Gasteiger partial charge < -0.3 is 30.1 Å². The van der Waals surface area contributed by atoms with E-state index >= 15 is 0 Å². The average Bonchev–Trinajstić information content (AvgIpc) is 2.98. The van der Waals surface area contributed by atoms with Gasteiger partial charge in [-0.15, -0.1) is 0 Å². The van der Waals surface area contributed by atoms with Gasteiger partial charge in [-0.25, -0.2) is 9.59 Å². The first kappa shape index (κ1) is 40.4. The van der Waals surface area contributed by atoms with Gasteiger partial charge in [-0.05, 0) is 102 Å². The minimum absolute atomic E-state index is 0.0434. The lowest BCUT2D eigenvalue weighted by atomic mass is 9.98. The monoisotopic (exact) mass is 685 g/mol. The van der Waals surface area contributed by atoms with Crippen molar-refractivity contribution in [2.24, 2.45) is 0 Å². The van der Waals surface area contributed by atoms with Crippen LogP contribution in [-0.4, -0.2) is 75.7 Å². The lowest BCUT2D eigenvalue weighted by Gasteiger charge is -2.35. The fraction of sp³-hybridized carbons (Fsp3) is 0.568. The zero-order valence-corrected chi connectivity index (χ0v) is 30.9. The maximum atomic E-state index is 14.5. The molecule has 0 aliphatic heterocycles. The Balaban J connectivity index is 2.65. The molecule has 0 saturated carbocycles. The van der Waals surface area contributed by atoms with Crippen LogP contribution in [0, 0.1) is 6.92 Å². The number of carbonyl (C=O) groups is 4. The van der Waals surface area contributed by atoms with E-state index in [9.17, 15) is 24.3 Å². The van der Waals surface area contributed by atoms with Gasteiger partial charge in [-0.3, -0.25) is 9.59 Å². The highest BCUT2D eigenvalue weighted by molar-refractivity contribution is 7.98. The Labute approximate surface area is 290 Å². The molecule has 3 N–H and O–H groups in total. The highest BCUT2D eigenvalue weighted by Gasteiger charge is 2.38. The summed E-state index contributed by atoms with van der Waals surface area (Å²) in [5.74, 6) is -1.02. The molecule has 2 rings (SSSR count). The summed E-state index contributed by atoms with van der Waals surface area (Å²) < 4.78 is 11.2. The first-order chi connectivity index (χ1) is 22.5. The van der Waals surface area contributed by atoms with Crippen molar-refractivity contribution >= 4 is 35.6 Å². The van der Waals surface area contributed by atoms with Crippen LogP contribution in [0.1, 0.15) is 96.9 Å². The molecule has 3 atom stereocenters. The third kappa shape index (κ3) is 13.8. The molecule has 3 amide bonds. The molecule has 2 aromatic carbocycles. The van der Waals surface area contributed by atoms with Gasteiger partial charge in [-0.1, -0.05) is 56.2 Å². The van der Waals surface area contributed by atoms with Crippen molar-refractivity contribution in [2.75, 3.05) is 18.6 Å². The quantitative estimate of drug-likeness (QED) is 0.135. The number of hydrogen-bond acceptors (Lipinski definition) is 8. The summed E-state index contributed by atoms with van der Waals surface area (Å²) in [4.78, 5) is 57.0. The molecule has 0 heterocycles. The number of phenols is 1. The number of nitrogens with one attached hydrogen (secondary N) is 2. The zero-order chi connectivity index (χ0) is 36.1. The highest BCUT2D eigenvalue weighted by atomic mass is 32.2. The van der Waals surface area contributed by atoms with Crippen LogP contribution < -0.4 is 10.6 Å². The van der Waals surface area contributed by atoms with Crippen molar-refractivity contribution in [1.29, 1.82) is 0 Å². The molecule has 48 heavy (non-hydrogen) atoms. The number of aromatic hydroxyl groups is 1. The third-order valence-corrected chi connectivity index (χ3v) is 7.92. The van der Waals surface area contributed by atoms with Gasteiger partial charge >= 0.3 is 12.1 Å². The Hall–Kier alpha value is -3.73. The lowest BCUT2D eigenvalue weighted by Crippen LogP contribution is -2.55. The fourth-order valence-corrected chi connectivity index (χ4v) is 5.50. The molecule has 0 aliphatic rings. The lowest BCUT2D eigenvalue weighted by molar-refractivity contribution is -0.159. The Kier molecular flexibility index (Phi) is 15.8. The van der Waals surface area contributed by atoms with Crippen molar-refractivity contribution in [3.05, 3.63) is 65.2 Å². The van der Waals surface area contributed by atoms with Gasteiger partial charge in [0, 0.05) is 13.0 Å². The maximum absolute atomic E-state index is 14.5. The number of alkyl carbamates (subject to hydrolysis) is 1. The Morgan fingerprint density at radius 3 is 2.10 bits per heavy atom. The van der Waals surface area contributed by atoms with Gasteiger partial charge in [0.1, 0.15) is 35.1 Å². The SMILES string of the molecule is CCCCCN(C(=O)C(CCSC)NC(=O)OC(C)(C)C)C(C(=O)NC(Cc1ccccc1)C(=O)OC(C)(C)C)c1ccc(O)c(C)c1. The highest BCUT2D eigenvalue weighted by Crippen LogP contribution is 2.28. The van der Waals surface area contributed by atoms with E-state index in [1.807, 2.05) is 43.5 Å². The summed E-state index contributed by atoms with van der Waals surface area (Å²) in [7, 11) is 0. The Bertz CT molecular complexity index is 1350. The predicted octanol–water partition coefficient (Wildman–Crippen LogP) is 6.48.